The first kappa shape index (κ1) is 21.2. The fraction of sp³-hybridized carbons (Fsp3) is 0.259. The van der Waals surface area contributed by atoms with E-state index in [0.29, 0.717) is 11.1 Å². The number of aromatic nitrogens is 2. The van der Waals surface area contributed by atoms with Gasteiger partial charge in [-0.15, -0.1) is 0 Å². The maximum Gasteiger partial charge on any atom is 0.275 e. The van der Waals surface area contributed by atoms with Gasteiger partial charge in [0.25, 0.3) is 11.5 Å². The number of hydrogen-bond donors (Lipinski definition) is 1. The second-order valence-corrected chi connectivity index (χ2v) is 8.68. The van der Waals surface area contributed by atoms with Gasteiger partial charge in [-0.1, -0.05) is 61.7 Å². The van der Waals surface area contributed by atoms with Crippen molar-refractivity contribution in [2.75, 3.05) is 0 Å². The van der Waals surface area contributed by atoms with E-state index in [4.69, 9.17) is 0 Å². The topological polar surface area (TPSA) is 55.5 Å². The van der Waals surface area contributed by atoms with Gasteiger partial charge in [0.2, 0.25) is 0 Å². The molecule has 2 aromatic carbocycles. The van der Waals surface area contributed by atoms with Crippen LogP contribution in [0.3, 0.4) is 0 Å². The minimum absolute atomic E-state index is 0.109. The molecule has 0 atom stereocenters. The Morgan fingerprint density at radius 2 is 1.76 bits per heavy atom. The van der Waals surface area contributed by atoms with E-state index >= 15 is 0 Å². The highest BCUT2D eigenvalue weighted by atomic mass is 19.1. The molecule has 0 saturated heterocycles. The van der Waals surface area contributed by atoms with Crippen molar-refractivity contribution in [3.05, 3.63) is 100 Å². The third-order valence-corrected chi connectivity index (χ3v) is 6.40. The molecule has 0 bridgehead atoms. The molecule has 1 aliphatic carbocycles. The first-order valence-corrected chi connectivity index (χ1v) is 11.5. The van der Waals surface area contributed by atoms with E-state index in [0.717, 1.165) is 36.9 Å². The van der Waals surface area contributed by atoms with Crippen molar-refractivity contribution in [3.8, 4) is 11.3 Å². The molecule has 1 saturated carbocycles. The van der Waals surface area contributed by atoms with E-state index in [2.05, 4.69) is 5.32 Å². The standard InChI is InChI=1S/C27H26FN3O2/c28-21-11-7-8-19(16-21)17-31-25(26(32)29-22-12-5-2-6-13-22)18-30-23(14-15-24(30)27(31)33)20-9-3-1-4-10-20/h1,3-4,7-11,14-16,18,22H,2,5-6,12-13,17H2,(H,29,32). The summed E-state index contributed by atoms with van der Waals surface area (Å²) in [5, 5.41) is 3.13. The van der Waals surface area contributed by atoms with Crippen molar-refractivity contribution in [2.45, 2.75) is 44.7 Å². The molecular weight excluding hydrogens is 417 g/mol. The van der Waals surface area contributed by atoms with Gasteiger partial charge in [0.1, 0.15) is 17.0 Å². The lowest BCUT2D eigenvalue weighted by Gasteiger charge is -2.24. The van der Waals surface area contributed by atoms with Crippen LogP contribution >= 0.6 is 0 Å². The summed E-state index contributed by atoms with van der Waals surface area (Å²) >= 11 is 0. The van der Waals surface area contributed by atoms with Crippen molar-refractivity contribution in [3.63, 3.8) is 0 Å². The number of hydrogen-bond acceptors (Lipinski definition) is 2. The lowest BCUT2D eigenvalue weighted by Crippen LogP contribution is -2.40. The van der Waals surface area contributed by atoms with Gasteiger partial charge in [0, 0.05) is 12.2 Å². The Hall–Kier alpha value is -3.67. The van der Waals surface area contributed by atoms with Gasteiger partial charge < -0.3 is 9.72 Å². The van der Waals surface area contributed by atoms with Crippen LogP contribution in [0.2, 0.25) is 0 Å². The van der Waals surface area contributed by atoms with Crippen LogP contribution in [-0.2, 0) is 6.54 Å². The molecular formula is C27H26FN3O2. The fourth-order valence-corrected chi connectivity index (χ4v) is 4.71. The van der Waals surface area contributed by atoms with Crippen LogP contribution < -0.4 is 10.9 Å². The Labute approximate surface area is 191 Å². The predicted octanol–water partition coefficient (Wildman–Crippen LogP) is 5.02. The van der Waals surface area contributed by atoms with Gasteiger partial charge >= 0.3 is 0 Å². The molecule has 4 aromatic rings. The second-order valence-electron chi connectivity index (χ2n) is 8.68. The van der Waals surface area contributed by atoms with Crippen molar-refractivity contribution >= 4 is 11.4 Å². The Kier molecular flexibility index (Phi) is 5.82. The molecule has 2 heterocycles. The molecule has 0 unspecified atom stereocenters. The zero-order valence-corrected chi connectivity index (χ0v) is 18.3. The molecule has 5 nitrogen and oxygen atoms in total. The van der Waals surface area contributed by atoms with Gasteiger partial charge in [0.15, 0.2) is 0 Å². The maximum atomic E-state index is 13.8. The summed E-state index contributed by atoms with van der Waals surface area (Å²) in [7, 11) is 0. The summed E-state index contributed by atoms with van der Waals surface area (Å²) in [6.07, 6.45) is 7.00. The molecule has 1 N–H and O–H groups in total. The van der Waals surface area contributed by atoms with Crippen LogP contribution in [-0.4, -0.2) is 20.9 Å². The van der Waals surface area contributed by atoms with Crippen LogP contribution in [0.1, 0.15) is 48.2 Å². The highest BCUT2D eigenvalue weighted by molar-refractivity contribution is 5.93. The Bertz CT molecular complexity index is 1350. The Balaban J connectivity index is 1.63. The molecule has 6 heteroatoms. The van der Waals surface area contributed by atoms with Crippen LogP contribution in [0.15, 0.2) is 77.7 Å². The number of nitrogens with one attached hydrogen (secondary N) is 1. The van der Waals surface area contributed by atoms with Crippen molar-refractivity contribution in [1.82, 2.24) is 14.3 Å². The molecule has 0 radical (unpaired) electrons. The molecule has 0 spiro atoms. The number of nitrogens with zero attached hydrogens (tertiary/aromatic N) is 2. The smallest absolute Gasteiger partial charge is 0.275 e. The SMILES string of the molecule is O=C(NC1CCCCC1)c1cn2c(-c3ccccc3)ccc2c(=O)n1Cc1cccc(F)c1. The van der Waals surface area contributed by atoms with E-state index in [1.165, 1.54) is 23.1 Å². The summed E-state index contributed by atoms with van der Waals surface area (Å²) in [5.74, 6) is -0.645. The maximum absolute atomic E-state index is 13.8. The van der Waals surface area contributed by atoms with E-state index in [1.54, 1.807) is 28.8 Å². The molecule has 1 amide bonds. The highest BCUT2D eigenvalue weighted by Crippen LogP contribution is 2.23. The number of carbonyl (C=O) groups excluding carboxylic acids is 1. The molecule has 1 fully saturated rings. The van der Waals surface area contributed by atoms with Gasteiger partial charge in [-0.3, -0.25) is 14.2 Å². The number of fused-ring (bicyclic) bond motifs is 1. The lowest BCUT2D eigenvalue weighted by molar-refractivity contribution is 0.0917. The van der Waals surface area contributed by atoms with Crippen LogP contribution in [0, 0.1) is 5.82 Å². The Morgan fingerprint density at radius 1 is 0.970 bits per heavy atom. The minimum atomic E-state index is -0.371. The number of rotatable bonds is 5. The molecule has 168 valence electrons. The zero-order valence-electron chi connectivity index (χ0n) is 18.3. The lowest BCUT2D eigenvalue weighted by atomic mass is 9.95. The summed E-state index contributed by atoms with van der Waals surface area (Å²) in [5.41, 5.74) is 2.89. The first-order valence-electron chi connectivity index (χ1n) is 11.5. The van der Waals surface area contributed by atoms with E-state index in [-0.39, 0.29) is 35.6 Å². The van der Waals surface area contributed by atoms with Crippen molar-refractivity contribution < 1.29 is 9.18 Å². The van der Waals surface area contributed by atoms with Crippen molar-refractivity contribution in [2.24, 2.45) is 0 Å². The summed E-state index contributed by atoms with van der Waals surface area (Å²) < 4.78 is 17.1. The molecule has 5 rings (SSSR count). The molecule has 2 aromatic heterocycles. The van der Waals surface area contributed by atoms with Crippen molar-refractivity contribution in [1.29, 1.82) is 0 Å². The third-order valence-electron chi connectivity index (χ3n) is 6.40. The molecule has 33 heavy (non-hydrogen) atoms. The quantitative estimate of drug-likeness (QED) is 0.471. The minimum Gasteiger partial charge on any atom is -0.348 e. The van der Waals surface area contributed by atoms with Crippen LogP contribution in [0.5, 0.6) is 0 Å². The van der Waals surface area contributed by atoms with Gasteiger partial charge in [-0.05, 0) is 48.2 Å². The molecule has 1 aliphatic rings. The van der Waals surface area contributed by atoms with Crippen LogP contribution in [0.4, 0.5) is 4.39 Å². The summed E-state index contributed by atoms with van der Waals surface area (Å²) in [4.78, 5) is 26.9. The number of carbonyl (C=O) groups is 1. The number of amides is 1. The van der Waals surface area contributed by atoms with E-state index < -0.39 is 0 Å². The van der Waals surface area contributed by atoms with E-state index in [1.807, 2.05) is 36.4 Å². The monoisotopic (exact) mass is 443 g/mol. The number of halogens is 1. The summed E-state index contributed by atoms with van der Waals surface area (Å²) in [6, 6.07) is 19.7. The van der Waals surface area contributed by atoms with E-state index in [9.17, 15) is 14.0 Å². The normalized spacial score (nSPS) is 14.5. The average molecular weight is 444 g/mol. The van der Waals surface area contributed by atoms with Gasteiger partial charge in [-0.2, -0.15) is 0 Å². The van der Waals surface area contributed by atoms with Gasteiger partial charge in [0.05, 0.1) is 12.2 Å². The fourth-order valence-electron chi connectivity index (χ4n) is 4.71. The first-order chi connectivity index (χ1) is 16.1. The second kappa shape index (κ2) is 9.06. The number of benzene rings is 2. The highest BCUT2D eigenvalue weighted by Gasteiger charge is 2.22. The Morgan fingerprint density at radius 3 is 2.52 bits per heavy atom. The third kappa shape index (κ3) is 4.33. The average Bonchev–Trinajstić information content (AvgIpc) is 3.26. The predicted molar refractivity (Wildman–Crippen MR) is 127 cm³/mol. The zero-order chi connectivity index (χ0) is 22.8. The summed E-state index contributed by atoms with van der Waals surface area (Å²) in [6.45, 7) is 0.117. The van der Waals surface area contributed by atoms with Crippen LogP contribution in [0.25, 0.3) is 16.8 Å². The largest absolute Gasteiger partial charge is 0.348 e. The van der Waals surface area contributed by atoms with Gasteiger partial charge in [-0.25, -0.2) is 4.39 Å². The molecule has 0 aliphatic heterocycles.